The van der Waals surface area contributed by atoms with E-state index in [0.717, 1.165) is 23.7 Å². The van der Waals surface area contributed by atoms with E-state index in [4.69, 9.17) is 22.1 Å². The predicted octanol–water partition coefficient (Wildman–Crippen LogP) is 2.14. The summed E-state index contributed by atoms with van der Waals surface area (Å²) in [6, 6.07) is 7.23. The number of nitrogens with zero attached hydrogens (tertiary/aromatic N) is 1. The molecule has 17 heavy (non-hydrogen) atoms. The molecule has 0 spiro atoms. The Morgan fingerprint density at radius 1 is 1.29 bits per heavy atom. The van der Waals surface area contributed by atoms with Crippen LogP contribution in [-0.2, 0) is 13.0 Å². The Morgan fingerprint density at radius 2 is 2.06 bits per heavy atom. The third-order valence-corrected chi connectivity index (χ3v) is 2.54. The normalized spacial score (nSPS) is 10.5. The van der Waals surface area contributed by atoms with Crippen molar-refractivity contribution in [2.75, 3.05) is 6.54 Å². The van der Waals surface area contributed by atoms with Crippen molar-refractivity contribution in [1.29, 1.82) is 0 Å². The van der Waals surface area contributed by atoms with E-state index in [0.29, 0.717) is 18.2 Å². The molecule has 0 amide bonds. The van der Waals surface area contributed by atoms with E-state index in [1.54, 1.807) is 18.3 Å². The van der Waals surface area contributed by atoms with Gasteiger partial charge in [0.25, 0.3) is 0 Å². The fourth-order valence-electron chi connectivity index (χ4n) is 1.44. The lowest BCUT2D eigenvalue weighted by atomic mass is 10.3. The molecule has 1 aromatic heterocycles. The second-order valence-electron chi connectivity index (χ2n) is 3.64. The van der Waals surface area contributed by atoms with Crippen LogP contribution in [0.1, 0.15) is 11.5 Å². The van der Waals surface area contributed by atoms with Crippen LogP contribution >= 0.6 is 11.6 Å². The molecule has 4 nitrogen and oxygen atoms in total. The van der Waals surface area contributed by atoms with Gasteiger partial charge in [0.1, 0.15) is 18.2 Å². The van der Waals surface area contributed by atoms with Crippen molar-refractivity contribution in [3.05, 3.63) is 47.0 Å². The van der Waals surface area contributed by atoms with Crippen LogP contribution in [-0.4, -0.2) is 16.5 Å². The number of hydrogen-bond acceptors (Lipinski definition) is 3. The van der Waals surface area contributed by atoms with Crippen LogP contribution in [0.5, 0.6) is 5.75 Å². The SMILES string of the molecule is NCCc1cnc(COc2ccc(Cl)cc2)[nH]1. The largest absolute Gasteiger partial charge is 0.486 e. The molecule has 0 fully saturated rings. The Bertz CT molecular complexity index is 467. The molecule has 0 bridgehead atoms. The lowest BCUT2D eigenvalue weighted by Crippen LogP contribution is -2.03. The summed E-state index contributed by atoms with van der Waals surface area (Å²) < 4.78 is 5.55. The summed E-state index contributed by atoms with van der Waals surface area (Å²) in [5.74, 6) is 1.56. The Labute approximate surface area is 105 Å². The summed E-state index contributed by atoms with van der Waals surface area (Å²) in [5.41, 5.74) is 6.49. The first-order chi connectivity index (χ1) is 8.28. The van der Waals surface area contributed by atoms with Crippen LogP contribution in [0.4, 0.5) is 0 Å². The van der Waals surface area contributed by atoms with Gasteiger partial charge < -0.3 is 15.5 Å². The number of nitrogens with one attached hydrogen (secondary N) is 1. The van der Waals surface area contributed by atoms with E-state index in [1.807, 2.05) is 12.1 Å². The maximum atomic E-state index is 5.78. The van der Waals surface area contributed by atoms with Crippen LogP contribution < -0.4 is 10.5 Å². The van der Waals surface area contributed by atoms with Crippen LogP contribution in [0.15, 0.2) is 30.5 Å². The van der Waals surface area contributed by atoms with Gasteiger partial charge in [-0.25, -0.2) is 4.98 Å². The number of aromatic amines is 1. The molecular weight excluding hydrogens is 238 g/mol. The number of benzene rings is 1. The van der Waals surface area contributed by atoms with E-state index in [-0.39, 0.29) is 0 Å². The van der Waals surface area contributed by atoms with E-state index in [1.165, 1.54) is 0 Å². The lowest BCUT2D eigenvalue weighted by Gasteiger charge is -2.03. The number of nitrogens with two attached hydrogens (primary N) is 1. The summed E-state index contributed by atoms with van der Waals surface area (Å²) in [7, 11) is 0. The zero-order valence-electron chi connectivity index (χ0n) is 9.32. The molecule has 1 aromatic carbocycles. The molecule has 1 heterocycles. The van der Waals surface area contributed by atoms with Gasteiger partial charge in [0, 0.05) is 23.3 Å². The van der Waals surface area contributed by atoms with E-state index in [2.05, 4.69) is 9.97 Å². The molecule has 2 rings (SSSR count). The van der Waals surface area contributed by atoms with Crippen molar-refractivity contribution >= 4 is 11.6 Å². The standard InChI is InChI=1S/C12H14ClN3O/c13-9-1-3-11(4-2-9)17-8-12-15-7-10(16-12)5-6-14/h1-4,7H,5-6,8,14H2,(H,15,16). The minimum absolute atomic E-state index is 0.409. The van der Waals surface area contributed by atoms with Crippen molar-refractivity contribution in [2.24, 2.45) is 5.73 Å². The number of hydrogen-bond donors (Lipinski definition) is 2. The van der Waals surface area contributed by atoms with Gasteiger partial charge in [-0.05, 0) is 30.8 Å². The van der Waals surface area contributed by atoms with Crippen molar-refractivity contribution in [3.8, 4) is 5.75 Å². The molecule has 2 aromatic rings. The third-order valence-electron chi connectivity index (χ3n) is 2.28. The highest BCUT2D eigenvalue weighted by atomic mass is 35.5. The molecule has 0 aliphatic heterocycles. The molecule has 5 heteroatoms. The highest BCUT2D eigenvalue weighted by Crippen LogP contribution is 2.16. The molecule has 0 unspecified atom stereocenters. The molecular formula is C12H14ClN3O. The average molecular weight is 252 g/mol. The summed E-state index contributed by atoms with van der Waals surface area (Å²) >= 11 is 5.78. The molecule has 0 saturated carbocycles. The maximum absolute atomic E-state index is 5.78. The highest BCUT2D eigenvalue weighted by Gasteiger charge is 2.01. The summed E-state index contributed by atoms with van der Waals surface area (Å²) in [6.45, 7) is 1.02. The number of ether oxygens (including phenoxy) is 1. The molecule has 0 aliphatic carbocycles. The van der Waals surface area contributed by atoms with Gasteiger partial charge in [0.05, 0.1) is 0 Å². The third kappa shape index (κ3) is 3.47. The minimum Gasteiger partial charge on any atom is -0.486 e. The first-order valence-electron chi connectivity index (χ1n) is 5.39. The zero-order chi connectivity index (χ0) is 12.1. The molecule has 3 N–H and O–H groups in total. The Hall–Kier alpha value is -1.52. The van der Waals surface area contributed by atoms with Gasteiger partial charge in [-0.1, -0.05) is 11.6 Å². The van der Waals surface area contributed by atoms with Gasteiger partial charge in [0.15, 0.2) is 0 Å². The highest BCUT2D eigenvalue weighted by molar-refractivity contribution is 6.30. The van der Waals surface area contributed by atoms with Gasteiger partial charge >= 0.3 is 0 Å². The lowest BCUT2D eigenvalue weighted by molar-refractivity contribution is 0.297. The number of rotatable bonds is 5. The van der Waals surface area contributed by atoms with Crippen LogP contribution in [0.3, 0.4) is 0 Å². The minimum atomic E-state index is 0.409. The van der Waals surface area contributed by atoms with Crippen molar-refractivity contribution in [1.82, 2.24) is 9.97 Å². The van der Waals surface area contributed by atoms with Gasteiger partial charge in [0.2, 0.25) is 0 Å². The molecule has 0 atom stereocenters. The van der Waals surface area contributed by atoms with Crippen LogP contribution in [0, 0.1) is 0 Å². The molecule has 0 radical (unpaired) electrons. The van der Waals surface area contributed by atoms with Gasteiger partial charge in [-0.2, -0.15) is 0 Å². The zero-order valence-corrected chi connectivity index (χ0v) is 10.1. The molecule has 0 aliphatic rings. The van der Waals surface area contributed by atoms with Crippen LogP contribution in [0.25, 0.3) is 0 Å². The number of imidazole rings is 1. The fraction of sp³-hybridized carbons (Fsp3) is 0.250. The van der Waals surface area contributed by atoms with Gasteiger partial charge in [-0.3, -0.25) is 0 Å². The second kappa shape index (κ2) is 5.70. The van der Waals surface area contributed by atoms with Crippen molar-refractivity contribution in [2.45, 2.75) is 13.0 Å². The first-order valence-corrected chi connectivity index (χ1v) is 5.77. The van der Waals surface area contributed by atoms with Crippen LogP contribution in [0.2, 0.25) is 5.02 Å². The summed E-state index contributed by atoms with van der Waals surface area (Å²) in [4.78, 5) is 7.36. The number of aromatic nitrogens is 2. The quantitative estimate of drug-likeness (QED) is 0.856. The van der Waals surface area contributed by atoms with E-state index < -0.39 is 0 Å². The van der Waals surface area contributed by atoms with Crippen molar-refractivity contribution < 1.29 is 4.74 Å². The summed E-state index contributed by atoms with van der Waals surface area (Å²) in [6.07, 6.45) is 2.58. The molecule has 0 saturated heterocycles. The van der Waals surface area contributed by atoms with Crippen molar-refractivity contribution in [3.63, 3.8) is 0 Å². The maximum Gasteiger partial charge on any atom is 0.146 e. The number of H-pyrrole nitrogens is 1. The summed E-state index contributed by atoms with van der Waals surface area (Å²) in [5, 5.41) is 0.695. The Morgan fingerprint density at radius 3 is 2.76 bits per heavy atom. The van der Waals surface area contributed by atoms with Gasteiger partial charge in [-0.15, -0.1) is 0 Å². The first kappa shape index (κ1) is 12.0. The second-order valence-corrected chi connectivity index (χ2v) is 4.07. The topological polar surface area (TPSA) is 63.9 Å². The Balaban J connectivity index is 1.90. The predicted molar refractivity (Wildman–Crippen MR) is 67.1 cm³/mol. The molecule has 90 valence electrons. The smallest absolute Gasteiger partial charge is 0.146 e. The Kier molecular flexibility index (Phi) is 4.01. The monoisotopic (exact) mass is 251 g/mol. The van der Waals surface area contributed by atoms with E-state index in [9.17, 15) is 0 Å². The average Bonchev–Trinajstić information content (AvgIpc) is 2.77. The van der Waals surface area contributed by atoms with E-state index >= 15 is 0 Å². The number of halogens is 1. The fourth-order valence-corrected chi connectivity index (χ4v) is 1.57.